The summed E-state index contributed by atoms with van der Waals surface area (Å²) in [7, 11) is 0. The van der Waals surface area contributed by atoms with Crippen LogP contribution in [0.3, 0.4) is 0 Å². The standard InChI is InChI=1S/C17H20FNO/c1-3-5-15-14(12-18)17(9-4-2,11-16(20)19-15)10-8-13-6-7-13/h3,5,12-13H,1,4,6-7,9,11H2,2H3,(H,19,20)/b14-12-,15-5+. The lowest BCUT2D eigenvalue weighted by Crippen LogP contribution is -2.40. The quantitative estimate of drug-likeness (QED) is 0.782. The van der Waals surface area contributed by atoms with E-state index in [9.17, 15) is 9.18 Å². The Morgan fingerprint density at radius 1 is 1.55 bits per heavy atom. The zero-order chi connectivity index (χ0) is 14.6. The number of piperidine rings is 1. The molecule has 1 aliphatic carbocycles. The summed E-state index contributed by atoms with van der Waals surface area (Å²) in [5.41, 5.74) is 0.271. The molecule has 1 unspecified atom stereocenters. The Morgan fingerprint density at radius 3 is 2.85 bits per heavy atom. The summed E-state index contributed by atoms with van der Waals surface area (Å²) in [6.45, 7) is 5.64. The van der Waals surface area contributed by atoms with Crippen LogP contribution in [-0.4, -0.2) is 5.91 Å². The lowest BCUT2D eigenvalue weighted by molar-refractivity contribution is -0.122. The van der Waals surface area contributed by atoms with E-state index in [2.05, 4.69) is 23.7 Å². The molecule has 2 rings (SSSR count). The highest BCUT2D eigenvalue weighted by atomic mass is 19.1. The maximum absolute atomic E-state index is 13.5. The Labute approximate surface area is 119 Å². The molecule has 0 spiro atoms. The molecule has 2 aliphatic rings. The van der Waals surface area contributed by atoms with E-state index in [-0.39, 0.29) is 12.3 Å². The van der Waals surface area contributed by atoms with Crippen LogP contribution < -0.4 is 5.32 Å². The van der Waals surface area contributed by atoms with Gasteiger partial charge < -0.3 is 5.32 Å². The maximum atomic E-state index is 13.5. The van der Waals surface area contributed by atoms with E-state index in [1.807, 2.05) is 6.92 Å². The molecule has 1 amide bonds. The third-order valence-electron chi connectivity index (χ3n) is 3.71. The van der Waals surface area contributed by atoms with Crippen molar-refractivity contribution in [3.8, 4) is 11.8 Å². The molecular weight excluding hydrogens is 253 g/mol. The third-order valence-corrected chi connectivity index (χ3v) is 3.71. The lowest BCUT2D eigenvalue weighted by Gasteiger charge is -2.35. The number of nitrogens with one attached hydrogen (secondary N) is 1. The monoisotopic (exact) mass is 273 g/mol. The second-order valence-electron chi connectivity index (χ2n) is 5.44. The largest absolute Gasteiger partial charge is 0.326 e. The van der Waals surface area contributed by atoms with Crippen LogP contribution in [0.1, 0.15) is 39.0 Å². The molecule has 0 aromatic carbocycles. The molecule has 106 valence electrons. The normalized spacial score (nSPS) is 29.8. The van der Waals surface area contributed by atoms with Crippen molar-refractivity contribution in [3.63, 3.8) is 0 Å². The van der Waals surface area contributed by atoms with Crippen LogP contribution in [0.5, 0.6) is 0 Å². The van der Waals surface area contributed by atoms with E-state index in [4.69, 9.17) is 0 Å². The van der Waals surface area contributed by atoms with Crippen LogP contribution in [0.25, 0.3) is 0 Å². The van der Waals surface area contributed by atoms with Crippen molar-refractivity contribution in [1.82, 2.24) is 5.32 Å². The van der Waals surface area contributed by atoms with Gasteiger partial charge in [-0.25, -0.2) is 4.39 Å². The molecule has 0 radical (unpaired) electrons. The summed E-state index contributed by atoms with van der Waals surface area (Å²) >= 11 is 0. The zero-order valence-corrected chi connectivity index (χ0v) is 11.8. The molecule has 0 aromatic rings. The number of carbonyl (C=O) groups excluding carboxylic acids is 1. The van der Waals surface area contributed by atoms with Gasteiger partial charge in [-0.05, 0) is 25.3 Å². The van der Waals surface area contributed by atoms with Gasteiger partial charge >= 0.3 is 0 Å². The van der Waals surface area contributed by atoms with E-state index >= 15 is 0 Å². The van der Waals surface area contributed by atoms with Gasteiger partial charge in [-0.2, -0.15) is 0 Å². The first kappa shape index (κ1) is 14.6. The predicted octanol–water partition coefficient (Wildman–Crippen LogP) is 3.63. The summed E-state index contributed by atoms with van der Waals surface area (Å²) in [4.78, 5) is 12.0. The number of rotatable bonds is 3. The first-order chi connectivity index (χ1) is 9.65. The Bertz CT molecular complexity index is 531. The number of hydrogen-bond acceptors (Lipinski definition) is 1. The Hall–Kier alpha value is -1.82. The molecular formula is C17H20FNO. The number of amides is 1. The van der Waals surface area contributed by atoms with Gasteiger partial charge in [-0.3, -0.25) is 4.79 Å². The molecule has 1 saturated carbocycles. The minimum Gasteiger partial charge on any atom is -0.326 e. The summed E-state index contributed by atoms with van der Waals surface area (Å²) in [5, 5.41) is 2.71. The van der Waals surface area contributed by atoms with Crippen molar-refractivity contribution in [2.75, 3.05) is 0 Å². The lowest BCUT2D eigenvalue weighted by atomic mass is 9.71. The van der Waals surface area contributed by atoms with Crippen LogP contribution in [0.2, 0.25) is 0 Å². The molecule has 2 fully saturated rings. The van der Waals surface area contributed by atoms with E-state index in [1.165, 1.54) is 0 Å². The predicted molar refractivity (Wildman–Crippen MR) is 78.1 cm³/mol. The van der Waals surface area contributed by atoms with Crippen LogP contribution in [0.4, 0.5) is 4.39 Å². The van der Waals surface area contributed by atoms with E-state index in [1.54, 1.807) is 12.2 Å². The first-order valence-corrected chi connectivity index (χ1v) is 7.11. The average Bonchev–Trinajstić information content (AvgIpc) is 3.21. The fourth-order valence-corrected chi connectivity index (χ4v) is 2.59. The van der Waals surface area contributed by atoms with E-state index < -0.39 is 5.41 Å². The van der Waals surface area contributed by atoms with Crippen molar-refractivity contribution < 1.29 is 9.18 Å². The van der Waals surface area contributed by atoms with Crippen molar-refractivity contribution in [1.29, 1.82) is 0 Å². The van der Waals surface area contributed by atoms with Crippen LogP contribution in [0.15, 0.2) is 36.3 Å². The van der Waals surface area contributed by atoms with E-state index in [0.717, 1.165) is 19.3 Å². The first-order valence-electron chi connectivity index (χ1n) is 7.11. The molecule has 1 atom stereocenters. The summed E-state index contributed by atoms with van der Waals surface area (Å²) in [6.07, 6.45) is 7.77. The molecule has 1 N–H and O–H groups in total. The van der Waals surface area contributed by atoms with Crippen LogP contribution in [-0.2, 0) is 4.79 Å². The number of halogens is 1. The number of hydrogen-bond donors (Lipinski definition) is 1. The number of carbonyl (C=O) groups is 1. The van der Waals surface area contributed by atoms with Crippen LogP contribution in [0, 0.1) is 23.2 Å². The summed E-state index contributed by atoms with van der Waals surface area (Å²) in [6, 6.07) is 0. The third kappa shape index (κ3) is 3.01. The molecule has 3 heteroatoms. The van der Waals surface area contributed by atoms with Gasteiger partial charge in [0.2, 0.25) is 5.91 Å². The van der Waals surface area contributed by atoms with Crippen LogP contribution >= 0.6 is 0 Å². The molecule has 2 nitrogen and oxygen atoms in total. The minimum absolute atomic E-state index is 0.109. The summed E-state index contributed by atoms with van der Waals surface area (Å²) < 4.78 is 13.5. The smallest absolute Gasteiger partial charge is 0.226 e. The van der Waals surface area contributed by atoms with Gasteiger partial charge in [0.15, 0.2) is 0 Å². The van der Waals surface area contributed by atoms with Crippen molar-refractivity contribution in [2.24, 2.45) is 11.3 Å². The average molecular weight is 273 g/mol. The molecule has 1 saturated heterocycles. The Morgan fingerprint density at radius 2 is 2.30 bits per heavy atom. The molecule has 0 aromatic heterocycles. The molecule has 20 heavy (non-hydrogen) atoms. The topological polar surface area (TPSA) is 29.1 Å². The van der Waals surface area contributed by atoms with E-state index in [0.29, 0.717) is 29.9 Å². The SMILES string of the molecule is C=C/C=C1/NC(=O)CC(C#CC2CC2)(CCC)/C1=C\F. The highest BCUT2D eigenvalue weighted by Gasteiger charge is 2.41. The van der Waals surface area contributed by atoms with Gasteiger partial charge in [0.1, 0.15) is 0 Å². The molecule has 1 aliphatic heterocycles. The van der Waals surface area contributed by atoms with Gasteiger partial charge in [0, 0.05) is 23.6 Å². The fraction of sp³-hybridized carbons (Fsp3) is 0.471. The fourth-order valence-electron chi connectivity index (χ4n) is 2.59. The van der Waals surface area contributed by atoms with Crippen molar-refractivity contribution >= 4 is 5.91 Å². The number of allylic oxidation sites excluding steroid dienone is 3. The maximum Gasteiger partial charge on any atom is 0.226 e. The highest BCUT2D eigenvalue weighted by Crippen LogP contribution is 2.43. The Kier molecular flexibility index (Phi) is 4.44. The molecule has 0 bridgehead atoms. The second kappa shape index (κ2) is 6.09. The Balaban J connectivity index is 2.44. The van der Waals surface area contributed by atoms with Crippen molar-refractivity contribution in [2.45, 2.75) is 39.0 Å². The molecule has 1 heterocycles. The summed E-state index contributed by atoms with van der Waals surface area (Å²) in [5.74, 6) is 6.76. The van der Waals surface area contributed by atoms with Gasteiger partial charge in [0.05, 0.1) is 11.7 Å². The minimum atomic E-state index is -0.691. The highest BCUT2D eigenvalue weighted by molar-refractivity contribution is 5.84. The van der Waals surface area contributed by atoms with Gasteiger partial charge in [-0.1, -0.05) is 37.8 Å². The van der Waals surface area contributed by atoms with Gasteiger partial charge in [-0.15, -0.1) is 0 Å². The van der Waals surface area contributed by atoms with Crippen molar-refractivity contribution in [3.05, 3.63) is 36.3 Å². The van der Waals surface area contributed by atoms with Gasteiger partial charge in [0.25, 0.3) is 0 Å². The second-order valence-corrected chi connectivity index (χ2v) is 5.44. The zero-order valence-electron chi connectivity index (χ0n) is 11.8.